The van der Waals surface area contributed by atoms with E-state index in [4.69, 9.17) is 10.4 Å². The Morgan fingerprint density at radius 3 is 2.62 bits per heavy atom. The van der Waals surface area contributed by atoms with Gasteiger partial charge in [-0.25, -0.2) is 4.68 Å². The second-order valence-electron chi connectivity index (χ2n) is 7.66. The zero-order valence-corrected chi connectivity index (χ0v) is 18.1. The Morgan fingerprint density at radius 1 is 1.16 bits per heavy atom. The maximum Gasteiger partial charge on any atom is 0.272 e. The van der Waals surface area contributed by atoms with Crippen LogP contribution in [-0.4, -0.2) is 36.7 Å². The van der Waals surface area contributed by atoms with Gasteiger partial charge < -0.3 is 9.47 Å². The van der Waals surface area contributed by atoms with E-state index in [2.05, 4.69) is 11.1 Å². The average molecular weight is 425 g/mol. The normalized spacial score (nSPS) is 10.7. The van der Waals surface area contributed by atoms with Crippen LogP contribution in [0.1, 0.15) is 28.0 Å². The Bertz CT molecular complexity index is 1250. The van der Waals surface area contributed by atoms with Crippen molar-refractivity contribution in [2.75, 3.05) is 6.54 Å². The van der Waals surface area contributed by atoms with Crippen LogP contribution in [0.5, 0.6) is 0 Å². The van der Waals surface area contributed by atoms with Crippen LogP contribution in [0, 0.1) is 18.3 Å². The molecule has 0 aliphatic rings. The molecule has 4 rings (SSSR count). The van der Waals surface area contributed by atoms with Crippen LogP contribution in [0.15, 0.2) is 73.2 Å². The first kappa shape index (κ1) is 21.1. The minimum absolute atomic E-state index is 0.183. The molecular weight excluding hydrogens is 400 g/mol. The van der Waals surface area contributed by atoms with Gasteiger partial charge in [-0.3, -0.25) is 9.78 Å². The summed E-state index contributed by atoms with van der Waals surface area (Å²) in [5.74, 6) is -0.183. The second-order valence-corrected chi connectivity index (χ2v) is 7.66. The number of pyridine rings is 1. The van der Waals surface area contributed by atoms with Crippen LogP contribution in [0.3, 0.4) is 0 Å². The van der Waals surface area contributed by atoms with Crippen molar-refractivity contribution in [1.29, 1.82) is 5.26 Å². The summed E-state index contributed by atoms with van der Waals surface area (Å²) >= 11 is 0. The van der Waals surface area contributed by atoms with Gasteiger partial charge in [0.2, 0.25) is 0 Å². The Hall–Kier alpha value is -4.18. The molecule has 0 atom stereocenters. The number of amides is 1. The molecule has 0 bridgehead atoms. The number of aryl methyl sites for hydroxylation is 2. The van der Waals surface area contributed by atoms with E-state index in [-0.39, 0.29) is 12.3 Å². The molecule has 3 heterocycles. The van der Waals surface area contributed by atoms with Gasteiger partial charge in [0.05, 0.1) is 23.9 Å². The molecule has 160 valence electrons. The highest BCUT2D eigenvalue weighted by Gasteiger charge is 2.23. The fraction of sp³-hybridized carbons (Fsp3) is 0.200. The summed E-state index contributed by atoms with van der Waals surface area (Å²) in [6.45, 7) is 2.71. The second kappa shape index (κ2) is 9.31. The maximum atomic E-state index is 13.7. The third-order valence-electron chi connectivity index (χ3n) is 5.29. The molecule has 0 fully saturated rings. The summed E-state index contributed by atoms with van der Waals surface area (Å²) in [6, 6.07) is 19.5. The Morgan fingerprint density at radius 2 is 1.97 bits per heavy atom. The summed E-state index contributed by atoms with van der Waals surface area (Å²) < 4.78 is 3.66. The highest BCUT2D eigenvalue weighted by Crippen LogP contribution is 2.24. The summed E-state index contributed by atoms with van der Waals surface area (Å²) in [6.07, 6.45) is 5.63. The van der Waals surface area contributed by atoms with Crippen molar-refractivity contribution < 1.29 is 4.79 Å². The van der Waals surface area contributed by atoms with E-state index in [1.165, 1.54) is 0 Å². The molecule has 7 heteroatoms. The molecule has 0 spiro atoms. The van der Waals surface area contributed by atoms with Gasteiger partial charge in [-0.05, 0) is 48.9 Å². The first-order valence-electron chi connectivity index (χ1n) is 10.4. The summed E-state index contributed by atoms with van der Waals surface area (Å²) in [5.41, 5.74) is 4.92. The van der Waals surface area contributed by atoms with E-state index in [1.807, 2.05) is 79.3 Å². The zero-order chi connectivity index (χ0) is 22.5. The molecule has 0 N–H and O–H groups in total. The van der Waals surface area contributed by atoms with E-state index in [0.29, 0.717) is 24.5 Å². The first-order valence-corrected chi connectivity index (χ1v) is 10.4. The Balaban J connectivity index is 1.77. The lowest BCUT2D eigenvalue weighted by Gasteiger charge is -2.22. The maximum absolute atomic E-state index is 13.7. The number of nitrogens with zero attached hydrogens (tertiary/aromatic N) is 6. The molecule has 7 nitrogen and oxygen atoms in total. The quantitative estimate of drug-likeness (QED) is 0.447. The lowest BCUT2D eigenvalue weighted by molar-refractivity contribution is 0.0737. The molecule has 0 saturated carbocycles. The number of benzene rings is 1. The molecule has 0 aliphatic carbocycles. The van der Waals surface area contributed by atoms with Crippen LogP contribution in [0.4, 0.5) is 0 Å². The molecule has 1 aromatic carbocycles. The van der Waals surface area contributed by atoms with Gasteiger partial charge in [0, 0.05) is 38.7 Å². The van der Waals surface area contributed by atoms with Crippen molar-refractivity contribution in [2.24, 2.45) is 7.05 Å². The topological polar surface area (TPSA) is 79.7 Å². The van der Waals surface area contributed by atoms with Gasteiger partial charge in [0.25, 0.3) is 5.91 Å². The van der Waals surface area contributed by atoms with E-state index in [0.717, 1.165) is 22.5 Å². The van der Waals surface area contributed by atoms with Crippen LogP contribution in [0.25, 0.3) is 17.1 Å². The van der Waals surface area contributed by atoms with E-state index >= 15 is 0 Å². The summed E-state index contributed by atoms with van der Waals surface area (Å²) in [7, 11) is 1.95. The highest BCUT2D eigenvalue weighted by molar-refractivity contribution is 5.94. The van der Waals surface area contributed by atoms with Gasteiger partial charge in [-0.1, -0.05) is 23.8 Å². The van der Waals surface area contributed by atoms with Crippen LogP contribution >= 0.6 is 0 Å². The van der Waals surface area contributed by atoms with E-state index < -0.39 is 0 Å². The molecule has 0 saturated heterocycles. The fourth-order valence-corrected chi connectivity index (χ4v) is 3.58. The fourth-order valence-electron chi connectivity index (χ4n) is 3.58. The summed E-state index contributed by atoms with van der Waals surface area (Å²) in [4.78, 5) is 19.5. The minimum Gasteiger partial charge on any atom is -0.349 e. The first-order chi connectivity index (χ1) is 15.6. The standard InChI is InChI=1S/C25H24N6O/c1-19-8-10-21(11-9-19)31-24(16-22(28-31)23-7-4-14-29(23)2)25(32)30(15-5-12-26)18-20-6-3-13-27-17-20/h3-4,6-11,13-14,16-17H,5,15,18H2,1-2H3. The molecule has 0 unspecified atom stereocenters. The lowest BCUT2D eigenvalue weighted by atomic mass is 10.2. The third-order valence-corrected chi connectivity index (χ3v) is 5.29. The van der Waals surface area contributed by atoms with Crippen molar-refractivity contribution in [2.45, 2.75) is 19.9 Å². The number of aromatic nitrogens is 4. The van der Waals surface area contributed by atoms with E-state index in [1.54, 1.807) is 22.0 Å². The van der Waals surface area contributed by atoms with Crippen molar-refractivity contribution >= 4 is 5.91 Å². The number of nitriles is 1. The third kappa shape index (κ3) is 4.44. The molecule has 0 aliphatic heterocycles. The average Bonchev–Trinajstić information content (AvgIpc) is 3.43. The van der Waals surface area contributed by atoms with Crippen molar-refractivity contribution in [1.82, 2.24) is 24.2 Å². The number of carbonyl (C=O) groups is 1. The van der Waals surface area contributed by atoms with E-state index in [9.17, 15) is 4.79 Å². The van der Waals surface area contributed by atoms with Crippen molar-refractivity contribution in [3.8, 4) is 23.1 Å². The van der Waals surface area contributed by atoms with Crippen LogP contribution in [-0.2, 0) is 13.6 Å². The van der Waals surface area contributed by atoms with Gasteiger partial charge in [0.15, 0.2) is 0 Å². The molecule has 3 aromatic heterocycles. The number of hydrogen-bond donors (Lipinski definition) is 0. The van der Waals surface area contributed by atoms with Crippen LogP contribution < -0.4 is 0 Å². The zero-order valence-electron chi connectivity index (χ0n) is 18.1. The Kier molecular flexibility index (Phi) is 6.13. The lowest BCUT2D eigenvalue weighted by Crippen LogP contribution is -2.33. The largest absolute Gasteiger partial charge is 0.349 e. The smallest absolute Gasteiger partial charge is 0.272 e. The molecule has 32 heavy (non-hydrogen) atoms. The number of rotatable bonds is 7. The van der Waals surface area contributed by atoms with Gasteiger partial charge in [-0.15, -0.1) is 0 Å². The predicted octanol–water partition coefficient (Wildman–Crippen LogP) is 4.14. The number of carbonyl (C=O) groups excluding carboxylic acids is 1. The SMILES string of the molecule is Cc1ccc(-n2nc(-c3cccn3C)cc2C(=O)N(CCC#N)Cc2cccnc2)cc1. The minimum atomic E-state index is -0.183. The highest BCUT2D eigenvalue weighted by atomic mass is 16.2. The van der Waals surface area contributed by atoms with Gasteiger partial charge in [0.1, 0.15) is 11.4 Å². The number of hydrogen-bond acceptors (Lipinski definition) is 4. The Labute approximate surface area is 187 Å². The van der Waals surface area contributed by atoms with Gasteiger partial charge >= 0.3 is 0 Å². The van der Waals surface area contributed by atoms with Crippen LogP contribution in [0.2, 0.25) is 0 Å². The predicted molar refractivity (Wildman–Crippen MR) is 122 cm³/mol. The molecule has 4 aromatic rings. The van der Waals surface area contributed by atoms with Crippen molar-refractivity contribution in [3.05, 3.63) is 90.0 Å². The van der Waals surface area contributed by atoms with Gasteiger partial charge in [-0.2, -0.15) is 10.4 Å². The monoisotopic (exact) mass is 424 g/mol. The molecule has 1 amide bonds. The summed E-state index contributed by atoms with van der Waals surface area (Å²) in [5, 5.41) is 13.9. The van der Waals surface area contributed by atoms with Crippen molar-refractivity contribution in [3.63, 3.8) is 0 Å². The molecular formula is C25H24N6O. The molecule has 0 radical (unpaired) electrons.